The molecule has 0 aliphatic carbocycles. The number of ether oxygens (including phenoxy) is 3. The van der Waals surface area contributed by atoms with E-state index in [1.165, 1.54) is 12.1 Å². The van der Waals surface area contributed by atoms with Crippen LogP contribution in [0.5, 0.6) is 11.5 Å². The molecule has 28 heavy (non-hydrogen) atoms. The molecule has 0 fully saturated rings. The molecule has 0 aliphatic heterocycles. The highest BCUT2D eigenvalue weighted by molar-refractivity contribution is 5.97. The van der Waals surface area contributed by atoms with Crippen molar-refractivity contribution < 1.29 is 28.6 Å². The number of rotatable bonds is 9. The molecular formula is C20H30N2O6. The normalized spacial score (nSPS) is 10.8. The Balaban J connectivity index is 2.64. The maximum Gasteiger partial charge on any atom is 0.338 e. The average Bonchev–Trinajstić information content (AvgIpc) is 2.59. The van der Waals surface area contributed by atoms with Gasteiger partial charge >= 0.3 is 12.0 Å². The minimum Gasteiger partial charge on any atom is -0.490 e. The molecule has 0 aromatic heterocycles. The first-order chi connectivity index (χ1) is 13.2. The second kappa shape index (κ2) is 11.2. The van der Waals surface area contributed by atoms with Gasteiger partial charge in [-0.3, -0.25) is 10.1 Å². The maximum absolute atomic E-state index is 12.2. The Kier molecular flexibility index (Phi) is 9.27. The van der Waals surface area contributed by atoms with E-state index in [1.54, 1.807) is 26.8 Å². The van der Waals surface area contributed by atoms with Crippen LogP contribution in [0.25, 0.3) is 0 Å². The van der Waals surface area contributed by atoms with E-state index < -0.39 is 30.1 Å². The smallest absolute Gasteiger partial charge is 0.338 e. The van der Waals surface area contributed by atoms with E-state index in [-0.39, 0.29) is 5.56 Å². The second-order valence-electron chi connectivity index (χ2n) is 7.12. The van der Waals surface area contributed by atoms with Crippen LogP contribution in [-0.2, 0) is 9.53 Å². The Morgan fingerprint density at radius 2 is 1.75 bits per heavy atom. The quantitative estimate of drug-likeness (QED) is 0.493. The molecule has 0 saturated heterocycles. The fourth-order valence-electron chi connectivity index (χ4n) is 2.10. The van der Waals surface area contributed by atoms with Crippen LogP contribution in [0.2, 0.25) is 0 Å². The molecule has 0 spiro atoms. The minimum atomic E-state index is -0.723. The summed E-state index contributed by atoms with van der Waals surface area (Å²) in [5, 5.41) is 4.68. The molecule has 1 aromatic carbocycles. The predicted molar refractivity (Wildman–Crippen MR) is 105 cm³/mol. The maximum atomic E-state index is 12.2. The van der Waals surface area contributed by atoms with Gasteiger partial charge in [-0.25, -0.2) is 9.59 Å². The lowest BCUT2D eigenvalue weighted by Crippen LogP contribution is -2.49. The minimum absolute atomic E-state index is 0.221. The number of hydrogen-bond donors (Lipinski definition) is 2. The van der Waals surface area contributed by atoms with Crippen LogP contribution >= 0.6 is 0 Å². The van der Waals surface area contributed by atoms with Gasteiger partial charge in [0.15, 0.2) is 18.1 Å². The van der Waals surface area contributed by atoms with Gasteiger partial charge in [-0.1, -0.05) is 13.3 Å². The molecule has 0 atom stereocenters. The van der Waals surface area contributed by atoms with Crippen molar-refractivity contribution >= 4 is 17.9 Å². The molecular weight excluding hydrogens is 364 g/mol. The predicted octanol–water partition coefficient (Wildman–Crippen LogP) is 3.05. The van der Waals surface area contributed by atoms with Crippen LogP contribution in [0.4, 0.5) is 4.79 Å². The molecule has 0 bridgehead atoms. The van der Waals surface area contributed by atoms with Crippen molar-refractivity contribution in [2.45, 2.75) is 53.0 Å². The Morgan fingerprint density at radius 3 is 2.36 bits per heavy atom. The van der Waals surface area contributed by atoms with Gasteiger partial charge in [0.25, 0.3) is 5.91 Å². The standard InChI is InChI=1S/C20H30N2O6/c1-6-8-11-27-15-10-9-14(12-16(15)26-7-2)18(24)28-13-17(23)21-19(25)22-20(3,4)5/h9-10,12H,6-8,11,13H2,1-5H3,(H2,21,22,23,25). The lowest BCUT2D eigenvalue weighted by atomic mass is 10.1. The molecule has 8 heteroatoms. The van der Waals surface area contributed by atoms with Crippen molar-refractivity contribution in [3.05, 3.63) is 23.8 Å². The van der Waals surface area contributed by atoms with Crippen LogP contribution in [-0.4, -0.2) is 43.3 Å². The third-order valence-electron chi connectivity index (χ3n) is 3.31. The zero-order chi connectivity index (χ0) is 21.2. The summed E-state index contributed by atoms with van der Waals surface area (Å²) in [7, 11) is 0. The molecule has 1 rings (SSSR count). The number of esters is 1. The van der Waals surface area contributed by atoms with Crippen molar-refractivity contribution in [2.24, 2.45) is 0 Å². The van der Waals surface area contributed by atoms with Crippen molar-refractivity contribution in [3.8, 4) is 11.5 Å². The number of hydrogen-bond acceptors (Lipinski definition) is 6. The Labute approximate surface area is 165 Å². The zero-order valence-electron chi connectivity index (χ0n) is 17.2. The number of urea groups is 1. The molecule has 3 amide bonds. The summed E-state index contributed by atoms with van der Waals surface area (Å²) in [5.74, 6) is -0.447. The van der Waals surface area contributed by atoms with Crippen molar-refractivity contribution in [3.63, 3.8) is 0 Å². The number of amides is 3. The monoisotopic (exact) mass is 394 g/mol. The lowest BCUT2D eigenvalue weighted by molar-refractivity contribution is -0.123. The SMILES string of the molecule is CCCCOc1ccc(C(=O)OCC(=O)NC(=O)NC(C)(C)C)cc1OCC. The number of carbonyl (C=O) groups excluding carboxylic acids is 3. The molecule has 0 saturated carbocycles. The van der Waals surface area contributed by atoms with Crippen LogP contribution in [0, 0.1) is 0 Å². The van der Waals surface area contributed by atoms with E-state index in [9.17, 15) is 14.4 Å². The molecule has 0 radical (unpaired) electrons. The summed E-state index contributed by atoms with van der Waals surface area (Å²) >= 11 is 0. The third kappa shape index (κ3) is 8.75. The summed E-state index contributed by atoms with van der Waals surface area (Å²) in [6.07, 6.45) is 1.91. The van der Waals surface area contributed by atoms with Crippen LogP contribution in [0.3, 0.4) is 0 Å². The van der Waals surface area contributed by atoms with E-state index in [0.29, 0.717) is 24.7 Å². The van der Waals surface area contributed by atoms with Gasteiger partial charge in [0.05, 0.1) is 18.8 Å². The van der Waals surface area contributed by atoms with Crippen LogP contribution in [0.15, 0.2) is 18.2 Å². The van der Waals surface area contributed by atoms with Gasteiger partial charge in [0, 0.05) is 5.54 Å². The van der Waals surface area contributed by atoms with Gasteiger partial charge < -0.3 is 19.5 Å². The van der Waals surface area contributed by atoms with Gasteiger partial charge in [0.2, 0.25) is 0 Å². The van der Waals surface area contributed by atoms with Crippen LogP contribution in [0.1, 0.15) is 57.8 Å². The topological polar surface area (TPSA) is 103 Å². The first-order valence-corrected chi connectivity index (χ1v) is 9.35. The van der Waals surface area contributed by atoms with Crippen molar-refractivity contribution in [2.75, 3.05) is 19.8 Å². The Hall–Kier alpha value is -2.77. The lowest BCUT2D eigenvalue weighted by Gasteiger charge is -2.20. The first-order valence-electron chi connectivity index (χ1n) is 9.35. The first kappa shape index (κ1) is 23.3. The number of unbranched alkanes of at least 4 members (excludes halogenated alkanes) is 1. The highest BCUT2D eigenvalue weighted by Gasteiger charge is 2.18. The molecule has 0 aliphatic rings. The molecule has 1 aromatic rings. The highest BCUT2D eigenvalue weighted by Crippen LogP contribution is 2.29. The largest absolute Gasteiger partial charge is 0.490 e. The van der Waals surface area contributed by atoms with E-state index in [4.69, 9.17) is 14.2 Å². The summed E-state index contributed by atoms with van der Waals surface area (Å²) in [5.41, 5.74) is -0.268. The summed E-state index contributed by atoms with van der Waals surface area (Å²) in [4.78, 5) is 35.6. The zero-order valence-corrected chi connectivity index (χ0v) is 17.2. The number of nitrogens with one attached hydrogen (secondary N) is 2. The van der Waals surface area contributed by atoms with Crippen LogP contribution < -0.4 is 20.1 Å². The molecule has 0 heterocycles. The fourth-order valence-corrected chi connectivity index (χ4v) is 2.10. The third-order valence-corrected chi connectivity index (χ3v) is 3.31. The van der Waals surface area contributed by atoms with Gasteiger partial charge in [0.1, 0.15) is 0 Å². The summed E-state index contributed by atoms with van der Waals surface area (Å²) in [6, 6.07) is 4.03. The highest BCUT2D eigenvalue weighted by atomic mass is 16.5. The van der Waals surface area contributed by atoms with Crippen molar-refractivity contribution in [1.29, 1.82) is 0 Å². The number of carbonyl (C=O) groups is 3. The molecule has 156 valence electrons. The summed E-state index contributed by atoms with van der Waals surface area (Å²) < 4.78 is 16.1. The summed E-state index contributed by atoms with van der Waals surface area (Å²) in [6.45, 7) is 9.62. The second-order valence-corrected chi connectivity index (χ2v) is 7.12. The molecule has 8 nitrogen and oxygen atoms in total. The van der Waals surface area contributed by atoms with Gasteiger partial charge in [-0.05, 0) is 52.3 Å². The van der Waals surface area contributed by atoms with E-state index in [0.717, 1.165) is 12.8 Å². The van der Waals surface area contributed by atoms with Crippen molar-refractivity contribution in [1.82, 2.24) is 10.6 Å². The van der Waals surface area contributed by atoms with Gasteiger partial charge in [-0.2, -0.15) is 0 Å². The molecule has 2 N–H and O–H groups in total. The van der Waals surface area contributed by atoms with E-state index in [1.807, 2.05) is 6.92 Å². The Morgan fingerprint density at radius 1 is 1.04 bits per heavy atom. The fraction of sp³-hybridized carbons (Fsp3) is 0.550. The van der Waals surface area contributed by atoms with E-state index in [2.05, 4.69) is 17.6 Å². The average molecular weight is 394 g/mol. The number of benzene rings is 1. The van der Waals surface area contributed by atoms with Gasteiger partial charge in [-0.15, -0.1) is 0 Å². The van der Waals surface area contributed by atoms with E-state index >= 15 is 0 Å². The Bertz CT molecular complexity index is 682. The molecule has 0 unspecified atom stereocenters. The number of imide groups is 1.